The summed E-state index contributed by atoms with van der Waals surface area (Å²) in [6, 6.07) is 15.0. The van der Waals surface area contributed by atoms with E-state index in [0.717, 1.165) is 24.6 Å². The third-order valence-electron chi connectivity index (χ3n) is 5.02. The van der Waals surface area contributed by atoms with Gasteiger partial charge >= 0.3 is 0 Å². The third-order valence-corrected chi connectivity index (χ3v) is 5.28. The van der Waals surface area contributed by atoms with Crippen LogP contribution >= 0.6 is 11.6 Å². The van der Waals surface area contributed by atoms with Crippen LogP contribution in [0.2, 0.25) is 5.02 Å². The molecule has 0 atom stereocenters. The van der Waals surface area contributed by atoms with E-state index in [1.165, 1.54) is 18.5 Å². The molecule has 2 aromatic rings. The first-order valence-corrected chi connectivity index (χ1v) is 10.0. The lowest BCUT2D eigenvalue weighted by atomic mass is 9.99. The zero-order valence-corrected chi connectivity index (χ0v) is 16.8. The summed E-state index contributed by atoms with van der Waals surface area (Å²) in [5, 5.41) is 6.17. The van der Waals surface area contributed by atoms with Gasteiger partial charge < -0.3 is 15.5 Å². The maximum Gasteiger partial charge on any atom is 0.233 e. The molecule has 2 amide bonds. The third kappa shape index (κ3) is 5.99. The molecule has 0 bridgehead atoms. The predicted molar refractivity (Wildman–Crippen MR) is 114 cm³/mol. The first kappa shape index (κ1) is 20.2. The minimum absolute atomic E-state index is 0.209. The lowest BCUT2D eigenvalue weighted by Gasteiger charge is -2.32. The number of rotatable bonds is 6. The Labute approximate surface area is 171 Å². The highest BCUT2D eigenvalue weighted by Gasteiger charge is 2.16. The molecule has 0 unspecified atom stereocenters. The maximum atomic E-state index is 12.1. The van der Waals surface area contributed by atoms with Crippen LogP contribution in [-0.2, 0) is 16.1 Å². The number of hydrogen-bond donors (Lipinski definition) is 2. The lowest BCUT2D eigenvalue weighted by Crippen LogP contribution is -2.32. The van der Waals surface area contributed by atoms with Crippen molar-refractivity contribution in [2.75, 3.05) is 23.3 Å². The van der Waals surface area contributed by atoms with Crippen LogP contribution in [0.25, 0.3) is 0 Å². The molecule has 1 fully saturated rings. The summed E-state index contributed by atoms with van der Waals surface area (Å²) in [5.74, 6) is 0.153. The number of piperidine rings is 1. The van der Waals surface area contributed by atoms with Gasteiger partial charge in [0.25, 0.3) is 0 Å². The monoisotopic (exact) mass is 399 g/mol. The van der Waals surface area contributed by atoms with Crippen molar-refractivity contribution in [1.82, 2.24) is 5.32 Å². The normalized spacial score (nSPS) is 14.6. The fourth-order valence-electron chi connectivity index (χ4n) is 3.24. The van der Waals surface area contributed by atoms with Crippen LogP contribution < -0.4 is 15.5 Å². The van der Waals surface area contributed by atoms with Crippen molar-refractivity contribution in [1.29, 1.82) is 0 Å². The van der Waals surface area contributed by atoms with Gasteiger partial charge in [-0.25, -0.2) is 0 Å². The molecule has 0 aliphatic carbocycles. The van der Waals surface area contributed by atoms with Crippen LogP contribution in [0.15, 0.2) is 48.5 Å². The number of halogens is 1. The highest BCUT2D eigenvalue weighted by Crippen LogP contribution is 2.24. The largest absolute Gasteiger partial charge is 0.372 e. The minimum atomic E-state index is -0.326. The van der Waals surface area contributed by atoms with E-state index in [-0.39, 0.29) is 18.2 Å². The van der Waals surface area contributed by atoms with E-state index in [1.54, 1.807) is 12.1 Å². The SMILES string of the molecule is CC1CCN(c2ccc(NC(=O)CC(=O)NCc3ccc(Cl)cc3)cc2)CC1. The standard InChI is InChI=1S/C22H26ClN3O2/c1-16-10-12-26(13-11-16)20-8-6-19(7-9-20)25-22(28)14-21(27)24-15-17-2-4-18(23)5-3-17/h2-9,16H,10-15H2,1H3,(H,24,27)(H,25,28). The van der Waals surface area contributed by atoms with Gasteiger partial charge in [-0.1, -0.05) is 30.7 Å². The molecular formula is C22H26ClN3O2. The summed E-state index contributed by atoms with van der Waals surface area (Å²) in [5.41, 5.74) is 2.80. The first-order chi connectivity index (χ1) is 13.5. The number of amides is 2. The second kappa shape index (κ2) is 9.60. The average molecular weight is 400 g/mol. The van der Waals surface area contributed by atoms with Crippen molar-refractivity contribution in [2.24, 2.45) is 5.92 Å². The van der Waals surface area contributed by atoms with Gasteiger partial charge in [-0.2, -0.15) is 0 Å². The Hall–Kier alpha value is -2.53. The summed E-state index contributed by atoms with van der Waals surface area (Å²) in [6.07, 6.45) is 2.21. The van der Waals surface area contributed by atoms with Crippen LogP contribution in [0.1, 0.15) is 31.7 Å². The van der Waals surface area contributed by atoms with Crippen LogP contribution in [0.3, 0.4) is 0 Å². The van der Waals surface area contributed by atoms with E-state index >= 15 is 0 Å². The molecule has 0 radical (unpaired) electrons. The zero-order chi connectivity index (χ0) is 19.9. The number of anilines is 2. The van der Waals surface area contributed by atoms with Crippen molar-refractivity contribution >= 4 is 34.8 Å². The van der Waals surface area contributed by atoms with Gasteiger partial charge in [-0.05, 0) is 60.7 Å². The smallest absolute Gasteiger partial charge is 0.233 e. The molecule has 3 rings (SSSR count). The molecule has 2 N–H and O–H groups in total. The molecular weight excluding hydrogens is 374 g/mol. The molecule has 1 aliphatic heterocycles. The minimum Gasteiger partial charge on any atom is -0.372 e. The number of nitrogens with zero attached hydrogens (tertiary/aromatic N) is 1. The van der Waals surface area contributed by atoms with Crippen molar-refractivity contribution in [2.45, 2.75) is 32.7 Å². The van der Waals surface area contributed by atoms with Crippen LogP contribution in [0.5, 0.6) is 0 Å². The van der Waals surface area contributed by atoms with E-state index in [0.29, 0.717) is 17.3 Å². The molecule has 6 heteroatoms. The van der Waals surface area contributed by atoms with Crippen molar-refractivity contribution in [3.8, 4) is 0 Å². The average Bonchev–Trinajstić information content (AvgIpc) is 2.69. The van der Waals surface area contributed by atoms with Crippen molar-refractivity contribution in [3.05, 3.63) is 59.1 Å². The molecule has 2 aromatic carbocycles. The number of carbonyl (C=O) groups is 2. The van der Waals surface area contributed by atoms with E-state index in [2.05, 4.69) is 22.5 Å². The van der Waals surface area contributed by atoms with Crippen molar-refractivity contribution < 1.29 is 9.59 Å². The van der Waals surface area contributed by atoms with Gasteiger partial charge in [0.2, 0.25) is 11.8 Å². The Kier molecular flexibility index (Phi) is 6.93. The molecule has 28 heavy (non-hydrogen) atoms. The molecule has 1 aliphatic rings. The van der Waals surface area contributed by atoms with Crippen LogP contribution in [-0.4, -0.2) is 24.9 Å². The van der Waals surface area contributed by atoms with Crippen molar-refractivity contribution in [3.63, 3.8) is 0 Å². The highest BCUT2D eigenvalue weighted by atomic mass is 35.5. The van der Waals surface area contributed by atoms with Gasteiger partial charge in [0.15, 0.2) is 0 Å². The number of carbonyl (C=O) groups excluding carboxylic acids is 2. The summed E-state index contributed by atoms with van der Waals surface area (Å²) in [6.45, 7) is 4.80. The molecule has 0 spiro atoms. The first-order valence-electron chi connectivity index (χ1n) is 9.65. The molecule has 1 saturated heterocycles. The van der Waals surface area contributed by atoms with E-state index in [4.69, 9.17) is 11.6 Å². The number of benzene rings is 2. The molecule has 0 aromatic heterocycles. The quantitative estimate of drug-likeness (QED) is 0.715. The summed E-state index contributed by atoms with van der Waals surface area (Å²) < 4.78 is 0. The Morgan fingerprint density at radius 1 is 1.00 bits per heavy atom. The zero-order valence-electron chi connectivity index (χ0n) is 16.1. The Morgan fingerprint density at radius 2 is 1.64 bits per heavy atom. The van der Waals surface area contributed by atoms with Gasteiger partial charge in [0.1, 0.15) is 6.42 Å². The predicted octanol–water partition coefficient (Wildman–Crippen LogP) is 4.22. The molecule has 0 saturated carbocycles. The van der Waals surface area contributed by atoms with Gasteiger partial charge in [0, 0.05) is 36.0 Å². The fourth-order valence-corrected chi connectivity index (χ4v) is 3.36. The lowest BCUT2D eigenvalue weighted by molar-refractivity contribution is -0.126. The topological polar surface area (TPSA) is 61.4 Å². The Morgan fingerprint density at radius 3 is 2.29 bits per heavy atom. The van der Waals surface area contributed by atoms with E-state index < -0.39 is 0 Å². The summed E-state index contributed by atoms with van der Waals surface area (Å²) in [7, 11) is 0. The Bertz CT molecular complexity index is 798. The van der Waals surface area contributed by atoms with Crippen LogP contribution in [0.4, 0.5) is 11.4 Å². The van der Waals surface area contributed by atoms with E-state index in [9.17, 15) is 9.59 Å². The molecule has 1 heterocycles. The Balaban J connectivity index is 1.43. The second-order valence-corrected chi connectivity index (χ2v) is 7.78. The molecule has 5 nitrogen and oxygen atoms in total. The number of hydrogen-bond acceptors (Lipinski definition) is 3. The second-order valence-electron chi connectivity index (χ2n) is 7.34. The van der Waals surface area contributed by atoms with Gasteiger partial charge in [-0.3, -0.25) is 9.59 Å². The fraction of sp³-hybridized carbons (Fsp3) is 0.364. The van der Waals surface area contributed by atoms with Gasteiger partial charge in [-0.15, -0.1) is 0 Å². The van der Waals surface area contributed by atoms with Gasteiger partial charge in [0.05, 0.1) is 0 Å². The highest BCUT2D eigenvalue weighted by molar-refractivity contribution is 6.30. The van der Waals surface area contributed by atoms with Crippen LogP contribution in [0, 0.1) is 5.92 Å². The summed E-state index contributed by atoms with van der Waals surface area (Å²) >= 11 is 5.84. The number of nitrogens with one attached hydrogen (secondary N) is 2. The maximum absolute atomic E-state index is 12.1. The molecule has 148 valence electrons. The van der Waals surface area contributed by atoms with E-state index in [1.807, 2.05) is 36.4 Å². The summed E-state index contributed by atoms with van der Waals surface area (Å²) in [4.78, 5) is 26.4.